The number of aryl methyl sites for hydroxylation is 1. The summed E-state index contributed by atoms with van der Waals surface area (Å²) in [7, 11) is 0. The molecule has 0 saturated carbocycles. The zero-order valence-corrected chi connectivity index (χ0v) is 10.9. The molecule has 2 rings (SSSR count). The Labute approximate surface area is 109 Å². The predicted molar refractivity (Wildman–Crippen MR) is 77.8 cm³/mol. The van der Waals surface area contributed by atoms with Crippen molar-refractivity contribution in [1.29, 1.82) is 0 Å². The Kier molecular flexibility index (Phi) is 4.40. The van der Waals surface area contributed by atoms with E-state index in [4.69, 9.17) is 5.73 Å². The van der Waals surface area contributed by atoms with Crippen LogP contribution in [-0.2, 0) is 0 Å². The van der Waals surface area contributed by atoms with Gasteiger partial charge in [0.25, 0.3) is 0 Å². The summed E-state index contributed by atoms with van der Waals surface area (Å²) in [6, 6.07) is 8.13. The summed E-state index contributed by atoms with van der Waals surface area (Å²) in [6.07, 6.45) is 7.14. The molecule has 3 N–H and O–H groups in total. The van der Waals surface area contributed by atoms with Crippen molar-refractivity contribution < 1.29 is 0 Å². The van der Waals surface area contributed by atoms with Gasteiger partial charge in [0, 0.05) is 12.2 Å². The summed E-state index contributed by atoms with van der Waals surface area (Å²) < 4.78 is 0. The van der Waals surface area contributed by atoms with Crippen LogP contribution in [0.3, 0.4) is 0 Å². The molecule has 1 aliphatic rings. The average Bonchev–Trinajstić information content (AvgIpc) is 2.85. The standard InChI is InChI=1S/C15H21N3/c1-12-6-8-14(9-7-12)18-15(16)17-11-10-13-4-2-3-5-13/h4,6-9H,2-3,5,10-11H2,1H3,(H3,16,17,18). The fraction of sp³-hybridized carbons (Fsp3) is 0.400. The normalized spacial score (nSPS) is 15.6. The number of nitrogens with one attached hydrogen (secondary N) is 1. The van der Waals surface area contributed by atoms with Gasteiger partial charge in [-0.05, 0) is 44.7 Å². The van der Waals surface area contributed by atoms with Crippen molar-refractivity contribution in [3.63, 3.8) is 0 Å². The van der Waals surface area contributed by atoms with Crippen molar-refractivity contribution in [3.05, 3.63) is 41.5 Å². The highest BCUT2D eigenvalue weighted by atomic mass is 15.1. The average molecular weight is 243 g/mol. The maximum Gasteiger partial charge on any atom is 0.193 e. The molecular formula is C15H21N3. The summed E-state index contributed by atoms with van der Waals surface area (Å²) in [5, 5.41) is 3.10. The molecule has 18 heavy (non-hydrogen) atoms. The molecule has 0 atom stereocenters. The molecular weight excluding hydrogens is 222 g/mol. The van der Waals surface area contributed by atoms with Crippen LogP contribution < -0.4 is 11.1 Å². The summed E-state index contributed by atoms with van der Waals surface area (Å²) >= 11 is 0. The first-order chi connectivity index (χ1) is 8.74. The van der Waals surface area contributed by atoms with E-state index >= 15 is 0 Å². The van der Waals surface area contributed by atoms with Crippen LogP contribution in [-0.4, -0.2) is 12.5 Å². The molecule has 3 heteroatoms. The van der Waals surface area contributed by atoms with Crippen molar-refractivity contribution in [2.45, 2.75) is 32.6 Å². The first kappa shape index (κ1) is 12.7. The monoisotopic (exact) mass is 243 g/mol. The molecule has 0 aromatic heterocycles. The second-order valence-electron chi connectivity index (χ2n) is 4.76. The SMILES string of the molecule is Cc1ccc(NC(N)=NCCC2=CCCC2)cc1. The van der Waals surface area contributed by atoms with Crippen molar-refractivity contribution in [1.82, 2.24) is 0 Å². The van der Waals surface area contributed by atoms with Crippen molar-refractivity contribution in [3.8, 4) is 0 Å². The molecule has 0 fully saturated rings. The smallest absolute Gasteiger partial charge is 0.193 e. The molecule has 0 radical (unpaired) electrons. The van der Waals surface area contributed by atoms with Gasteiger partial charge in [-0.2, -0.15) is 0 Å². The van der Waals surface area contributed by atoms with Crippen LogP contribution in [0.2, 0.25) is 0 Å². The number of nitrogens with two attached hydrogens (primary N) is 1. The Balaban J connectivity index is 1.79. The summed E-state index contributed by atoms with van der Waals surface area (Å²) in [6.45, 7) is 2.84. The Morgan fingerprint density at radius 3 is 2.78 bits per heavy atom. The second kappa shape index (κ2) is 6.24. The van der Waals surface area contributed by atoms with E-state index in [1.54, 1.807) is 0 Å². The van der Waals surface area contributed by atoms with Crippen LogP contribution in [0.25, 0.3) is 0 Å². The number of guanidine groups is 1. The van der Waals surface area contributed by atoms with Crippen LogP contribution in [0.1, 0.15) is 31.2 Å². The van der Waals surface area contributed by atoms with Crippen LogP contribution in [0.15, 0.2) is 40.9 Å². The van der Waals surface area contributed by atoms with Crippen LogP contribution >= 0.6 is 0 Å². The van der Waals surface area contributed by atoms with Crippen LogP contribution in [0.4, 0.5) is 5.69 Å². The fourth-order valence-corrected chi connectivity index (χ4v) is 2.11. The first-order valence-corrected chi connectivity index (χ1v) is 6.55. The van der Waals surface area contributed by atoms with E-state index < -0.39 is 0 Å². The van der Waals surface area contributed by atoms with Crippen molar-refractivity contribution in [2.75, 3.05) is 11.9 Å². The second-order valence-corrected chi connectivity index (χ2v) is 4.76. The van der Waals surface area contributed by atoms with Gasteiger partial charge >= 0.3 is 0 Å². The van der Waals surface area contributed by atoms with E-state index in [9.17, 15) is 0 Å². The molecule has 0 bridgehead atoms. The van der Waals surface area contributed by atoms with E-state index in [0.29, 0.717) is 5.96 Å². The number of nitrogens with zero attached hydrogens (tertiary/aromatic N) is 1. The third-order valence-electron chi connectivity index (χ3n) is 3.17. The molecule has 0 saturated heterocycles. The van der Waals surface area contributed by atoms with Gasteiger partial charge in [-0.3, -0.25) is 4.99 Å². The Bertz CT molecular complexity index is 443. The van der Waals surface area contributed by atoms with Crippen molar-refractivity contribution >= 4 is 11.6 Å². The fourth-order valence-electron chi connectivity index (χ4n) is 2.11. The van der Waals surface area contributed by atoms with E-state index in [2.05, 4.69) is 35.4 Å². The minimum absolute atomic E-state index is 0.498. The highest BCUT2D eigenvalue weighted by molar-refractivity contribution is 5.92. The Hall–Kier alpha value is -1.77. The van der Waals surface area contributed by atoms with Crippen LogP contribution in [0, 0.1) is 6.92 Å². The number of allylic oxidation sites excluding steroid dienone is 1. The Morgan fingerprint density at radius 1 is 1.33 bits per heavy atom. The largest absolute Gasteiger partial charge is 0.370 e. The van der Waals surface area contributed by atoms with Gasteiger partial charge in [0.1, 0.15) is 0 Å². The molecule has 1 aliphatic carbocycles. The summed E-state index contributed by atoms with van der Waals surface area (Å²) in [5.41, 5.74) is 9.61. The molecule has 1 aromatic carbocycles. The predicted octanol–water partition coefficient (Wildman–Crippen LogP) is 3.22. The van der Waals surface area contributed by atoms with Gasteiger partial charge in [0.05, 0.1) is 0 Å². The van der Waals surface area contributed by atoms with Gasteiger partial charge in [-0.15, -0.1) is 0 Å². The van der Waals surface area contributed by atoms with Crippen molar-refractivity contribution in [2.24, 2.45) is 10.7 Å². The van der Waals surface area contributed by atoms with Gasteiger partial charge < -0.3 is 11.1 Å². The molecule has 1 aromatic rings. The minimum Gasteiger partial charge on any atom is -0.370 e. The maximum absolute atomic E-state index is 5.85. The van der Waals surface area contributed by atoms with E-state index in [0.717, 1.165) is 18.7 Å². The quantitative estimate of drug-likeness (QED) is 0.484. The lowest BCUT2D eigenvalue weighted by atomic mass is 10.2. The zero-order chi connectivity index (χ0) is 12.8. The number of rotatable bonds is 4. The number of hydrogen-bond acceptors (Lipinski definition) is 1. The Morgan fingerprint density at radius 2 is 2.11 bits per heavy atom. The first-order valence-electron chi connectivity index (χ1n) is 6.55. The lowest BCUT2D eigenvalue weighted by Crippen LogP contribution is -2.22. The third kappa shape index (κ3) is 3.91. The minimum atomic E-state index is 0.498. The molecule has 0 unspecified atom stereocenters. The van der Waals surface area contributed by atoms with Crippen LogP contribution in [0.5, 0.6) is 0 Å². The van der Waals surface area contributed by atoms with Gasteiger partial charge in [0.15, 0.2) is 5.96 Å². The lowest BCUT2D eigenvalue weighted by molar-refractivity contribution is 0.850. The highest BCUT2D eigenvalue weighted by Crippen LogP contribution is 2.20. The summed E-state index contributed by atoms with van der Waals surface area (Å²) in [4.78, 5) is 4.35. The molecule has 96 valence electrons. The van der Waals surface area contributed by atoms with E-state index in [1.165, 1.54) is 30.4 Å². The lowest BCUT2D eigenvalue weighted by Gasteiger charge is -2.06. The maximum atomic E-state index is 5.85. The highest BCUT2D eigenvalue weighted by Gasteiger charge is 2.03. The third-order valence-corrected chi connectivity index (χ3v) is 3.17. The van der Waals surface area contributed by atoms with Gasteiger partial charge in [0.2, 0.25) is 0 Å². The van der Waals surface area contributed by atoms with E-state index in [1.807, 2.05) is 12.1 Å². The number of benzene rings is 1. The van der Waals surface area contributed by atoms with Gasteiger partial charge in [-0.25, -0.2) is 0 Å². The number of aliphatic imine (C=N–C) groups is 1. The van der Waals surface area contributed by atoms with Gasteiger partial charge in [-0.1, -0.05) is 29.3 Å². The molecule has 0 amide bonds. The van der Waals surface area contributed by atoms with E-state index in [-0.39, 0.29) is 0 Å². The molecule has 3 nitrogen and oxygen atoms in total. The topological polar surface area (TPSA) is 50.4 Å². The number of hydrogen-bond donors (Lipinski definition) is 2. The summed E-state index contributed by atoms with van der Waals surface area (Å²) in [5.74, 6) is 0.498. The number of anilines is 1. The molecule has 0 heterocycles. The molecule has 0 spiro atoms. The molecule has 0 aliphatic heterocycles. The zero-order valence-electron chi connectivity index (χ0n) is 10.9.